The van der Waals surface area contributed by atoms with Gasteiger partial charge in [-0.1, -0.05) is 26.0 Å². The molecule has 0 aliphatic rings. The average Bonchev–Trinajstić information content (AvgIpc) is 2.85. The van der Waals surface area contributed by atoms with E-state index in [1.165, 1.54) is 0 Å². The highest BCUT2D eigenvalue weighted by Gasteiger charge is 2.36. The number of nitrogens with zero attached hydrogens (tertiary/aromatic N) is 2. The van der Waals surface area contributed by atoms with Crippen LogP contribution in [0.4, 0.5) is 0 Å². The highest BCUT2D eigenvalue weighted by atomic mass is 16.5. The van der Waals surface area contributed by atoms with Gasteiger partial charge in [0.05, 0.1) is 39.9 Å². The van der Waals surface area contributed by atoms with Crippen LogP contribution < -0.4 is 18.9 Å². The van der Waals surface area contributed by atoms with Gasteiger partial charge in [-0.15, -0.1) is 0 Å². The lowest BCUT2D eigenvalue weighted by molar-refractivity contribution is 0.0210. The molecule has 0 aliphatic heterocycles. The lowest BCUT2D eigenvalue weighted by Crippen LogP contribution is -2.36. The highest BCUT2D eigenvalue weighted by Crippen LogP contribution is 2.40. The van der Waals surface area contributed by atoms with Crippen molar-refractivity contribution in [1.82, 2.24) is 4.90 Å². The van der Waals surface area contributed by atoms with Crippen LogP contribution in [0.15, 0.2) is 36.4 Å². The molecule has 2 unspecified atom stereocenters. The first kappa shape index (κ1) is 27.3. The molecule has 0 spiro atoms. The van der Waals surface area contributed by atoms with Gasteiger partial charge in [0.15, 0.2) is 23.0 Å². The molecule has 0 heterocycles. The van der Waals surface area contributed by atoms with Crippen molar-refractivity contribution in [2.24, 2.45) is 5.92 Å². The average molecular weight is 471 g/mol. The number of aliphatic hydroxyl groups excluding tert-OH is 1. The van der Waals surface area contributed by atoms with Crippen LogP contribution in [0.5, 0.6) is 23.0 Å². The van der Waals surface area contributed by atoms with Crippen molar-refractivity contribution < 1.29 is 24.1 Å². The Hall–Kier alpha value is -2.95. The van der Waals surface area contributed by atoms with E-state index in [-0.39, 0.29) is 5.92 Å². The largest absolute Gasteiger partial charge is 0.493 e. The van der Waals surface area contributed by atoms with Crippen molar-refractivity contribution in [1.29, 1.82) is 5.26 Å². The molecule has 7 nitrogen and oxygen atoms in total. The number of benzene rings is 2. The van der Waals surface area contributed by atoms with E-state index in [2.05, 4.69) is 19.9 Å². The van der Waals surface area contributed by atoms with Gasteiger partial charge in [0.2, 0.25) is 0 Å². The summed E-state index contributed by atoms with van der Waals surface area (Å²) < 4.78 is 21.5. The normalized spacial score (nSPS) is 13.8. The molecule has 0 bridgehead atoms. The predicted molar refractivity (Wildman–Crippen MR) is 133 cm³/mol. The summed E-state index contributed by atoms with van der Waals surface area (Å²) in [4.78, 5) is 1.91. The van der Waals surface area contributed by atoms with Gasteiger partial charge in [-0.2, -0.15) is 5.26 Å². The maximum absolute atomic E-state index is 10.8. The minimum atomic E-state index is -0.672. The third-order valence-electron chi connectivity index (χ3n) is 6.54. The molecule has 0 saturated heterocycles. The Kier molecular flexibility index (Phi) is 10.0. The summed E-state index contributed by atoms with van der Waals surface area (Å²) in [5, 5.41) is 21.0. The Bertz CT molecular complexity index is 972. The number of methoxy groups -OCH3 is 4. The van der Waals surface area contributed by atoms with Crippen molar-refractivity contribution in [2.45, 2.75) is 44.8 Å². The second-order valence-corrected chi connectivity index (χ2v) is 8.77. The summed E-state index contributed by atoms with van der Waals surface area (Å²) in [6.07, 6.45) is 1.21. The zero-order valence-electron chi connectivity index (χ0n) is 21.4. The quantitative estimate of drug-likeness (QED) is 0.434. The van der Waals surface area contributed by atoms with Gasteiger partial charge in [-0.3, -0.25) is 4.90 Å². The first-order chi connectivity index (χ1) is 16.3. The van der Waals surface area contributed by atoms with E-state index in [0.717, 1.165) is 17.5 Å². The first-order valence-electron chi connectivity index (χ1n) is 11.5. The lowest BCUT2D eigenvalue weighted by Gasteiger charge is -2.33. The Balaban J connectivity index is 2.09. The molecular weight excluding hydrogens is 432 g/mol. The maximum Gasteiger partial charge on any atom is 0.161 e. The number of hydrogen-bond acceptors (Lipinski definition) is 7. The van der Waals surface area contributed by atoms with E-state index in [4.69, 9.17) is 18.9 Å². The van der Waals surface area contributed by atoms with E-state index in [1.54, 1.807) is 28.4 Å². The summed E-state index contributed by atoms with van der Waals surface area (Å²) in [7, 11) is 8.28. The monoisotopic (exact) mass is 470 g/mol. The van der Waals surface area contributed by atoms with Crippen LogP contribution in [-0.2, 0) is 11.8 Å². The van der Waals surface area contributed by atoms with Crippen molar-refractivity contribution in [3.63, 3.8) is 0 Å². The van der Waals surface area contributed by atoms with Crippen molar-refractivity contribution in [3.05, 3.63) is 47.5 Å². The van der Waals surface area contributed by atoms with Gasteiger partial charge in [-0.05, 0) is 61.2 Å². The number of ether oxygens (including phenoxy) is 4. The van der Waals surface area contributed by atoms with Gasteiger partial charge >= 0.3 is 0 Å². The summed E-state index contributed by atoms with van der Waals surface area (Å²) in [5.74, 6) is 2.64. The van der Waals surface area contributed by atoms with E-state index >= 15 is 0 Å². The fourth-order valence-electron chi connectivity index (χ4n) is 4.26. The molecule has 34 heavy (non-hydrogen) atoms. The van der Waals surface area contributed by atoms with Crippen LogP contribution in [-0.4, -0.2) is 58.3 Å². The van der Waals surface area contributed by atoms with Crippen LogP contribution in [0, 0.1) is 17.2 Å². The zero-order valence-corrected chi connectivity index (χ0v) is 21.4. The molecule has 2 atom stereocenters. The molecule has 1 N–H and O–H groups in total. The molecule has 0 amide bonds. The molecule has 0 aliphatic carbocycles. The fraction of sp³-hybridized carbons (Fsp3) is 0.519. The van der Waals surface area contributed by atoms with Crippen molar-refractivity contribution in [2.75, 3.05) is 42.0 Å². The van der Waals surface area contributed by atoms with Gasteiger partial charge < -0.3 is 24.1 Å². The number of likely N-dealkylation sites (N-methyl/N-ethyl adjacent to an activating group) is 1. The molecule has 2 aromatic carbocycles. The summed E-state index contributed by atoms with van der Waals surface area (Å²) >= 11 is 0. The van der Waals surface area contributed by atoms with Crippen LogP contribution in [0.25, 0.3) is 0 Å². The number of aliphatic hydroxyl groups is 1. The predicted octanol–water partition coefficient (Wildman–Crippen LogP) is 4.41. The summed E-state index contributed by atoms with van der Waals surface area (Å²) in [5.41, 5.74) is 1.20. The second kappa shape index (κ2) is 12.5. The van der Waals surface area contributed by atoms with E-state index < -0.39 is 11.6 Å². The summed E-state index contributed by atoms with van der Waals surface area (Å²) in [6.45, 7) is 4.78. The summed E-state index contributed by atoms with van der Waals surface area (Å²) in [6, 6.07) is 13.9. The Morgan fingerprint density at radius 3 is 2.00 bits per heavy atom. The third-order valence-corrected chi connectivity index (χ3v) is 6.54. The van der Waals surface area contributed by atoms with Crippen molar-refractivity contribution in [3.8, 4) is 29.1 Å². The Labute approximate surface area is 203 Å². The third kappa shape index (κ3) is 6.13. The molecule has 7 heteroatoms. The molecule has 2 aromatic rings. The minimum absolute atomic E-state index is 0.0950. The van der Waals surface area contributed by atoms with Crippen LogP contribution in [0.1, 0.15) is 37.8 Å². The highest BCUT2D eigenvalue weighted by molar-refractivity contribution is 5.47. The molecule has 0 aromatic heterocycles. The molecule has 186 valence electrons. The Morgan fingerprint density at radius 1 is 0.912 bits per heavy atom. The molecule has 0 saturated carbocycles. The van der Waals surface area contributed by atoms with Crippen LogP contribution in [0.2, 0.25) is 0 Å². The van der Waals surface area contributed by atoms with Gasteiger partial charge in [0, 0.05) is 13.0 Å². The topological polar surface area (TPSA) is 84.2 Å². The molecule has 0 radical (unpaired) electrons. The molecule has 0 fully saturated rings. The van der Waals surface area contributed by atoms with Gasteiger partial charge in [-0.25, -0.2) is 0 Å². The van der Waals surface area contributed by atoms with Gasteiger partial charge in [0.1, 0.15) is 6.23 Å². The van der Waals surface area contributed by atoms with Gasteiger partial charge in [0.25, 0.3) is 0 Å². The zero-order chi connectivity index (χ0) is 25.3. The van der Waals surface area contributed by atoms with Crippen LogP contribution >= 0.6 is 0 Å². The smallest absolute Gasteiger partial charge is 0.161 e. The minimum Gasteiger partial charge on any atom is -0.493 e. The maximum atomic E-state index is 10.8. The number of hydrogen-bond donors (Lipinski definition) is 1. The van der Waals surface area contributed by atoms with Crippen molar-refractivity contribution >= 4 is 0 Å². The standard InChI is InChI=1S/C27H38N2O5/c1-19(2)27(18-28,21-10-12-23(32-5)25(17-21)34-7)13-8-14-29(3)26(30)16-20-9-11-22(31-4)24(15-20)33-6/h9-12,15,17,19,26,30H,8,13-14,16H2,1-7H3. The van der Waals surface area contributed by atoms with E-state index in [9.17, 15) is 10.4 Å². The molecular formula is C27H38N2O5. The van der Waals surface area contributed by atoms with E-state index in [0.29, 0.717) is 42.4 Å². The van der Waals surface area contributed by atoms with E-state index in [1.807, 2.05) is 48.3 Å². The SMILES string of the molecule is COc1ccc(CC(O)N(C)CCCC(C#N)(c2ccc(OC)c(OC)c2)C(C)C)cc1OC. The fourth-order valence-corrected chi connectivity index (χ4v) is 4.26. The van der Waals surface area contributed by atoms with Crippen LogP contribution in [0.3, 0.4) is 0 Å². The second-order valence-electron chi connectivity index (χ2n) is 8.77. The number of nitriles is 1. The first-order valence-corrected chi connectivity index (χ1v) is 11.5. The lowest BCUT2D eigenvalue weighted by atomic mass is 9.69. The molecule has 2 rings (SSSR count). The number of rotatable bonds is 13. The Morgan fingerprint density at radius 2 is 1.47 bits per heavy atom.